The first-order valence-corrected chi connectivity index (χ1v) is 9.70. The molecule has 3 aromatic rings. The largest absolute Gasteiger partial charge is 0.493 e. The summed E-state index contributed by atoms with van der Waals surface area (Å²) in [5.74, 6) is 1.77. The first-order chi connectivity index (χ1) is 13.6. The molecule has 0 saturated heterocycles. The molecule has 28 heavy (non-hydrogen) atoms. The molecule has 1 unspecified atom stereocenters. The summed E-state index contributed by atoms with van der Waals surface area (Å²) in [6.07, 6.45) is 0.899. The lowest BCUT2D eigenvalue weighted by Gasteiger charge is -2.25. The van der Waals surface area contributed by atoms with Crippen molar-refractivity contribution in [2.75, 3.05) is 13.2 Å². The summed E-state index contributed by atoms with van der Waals surface area (Å²) in [4.78, 5) is 12.5. The highest BCUT2D eigenvalue weighted by atomic mass is 32.1. The molecule has 2 heterocycles. The predicted octanol–water partition coefficient (Wildman–Crippen LogP) is 3.28. The van der Waals surface area contributed by atoms with Crippen molar-refractivity contribution in [3.05, 3.63) is 64.4 Å². The molecule has 2 aromatic carbocycles. The van der Waals surface area contributed by atoms with Crippen LogP contribution in [0.2, 0.25) is 0 Å². The van der Waals surface area contributed by atoms with Gasteiger partial charge in [-0.15, -0.1) is 0 Å². The maximum absolute atomic E-state index is 12.5. The average molecular weight is 395 g/mol. The standard InChI is InChI=1S/C21H22N4O2S/c1-14-6-8-16(9-7-14)20-23-24-21(28)25(20)12-19(26)22-11-15-10-17-4-2-3-5-18(17)27-13-15/h2-9,15H,10-13H2,1H3,(H,22,26)(H,24,28). The molecule has 0 bridgehead atoms. The van der Waals surface area contributed by atoms with Crippen LogP contribution < -0.4 is 10.1 Å². The number of hydrogen-bond donors (Lipinski definition) is 2. The van der Waals surface area contributed by atoms with Crippen LogP contribution in [0, 0.1) is 17.6 Å². The minimum atomic E-state index is -0.0929. The number of aromatic amines is 1. The Hall–Kier alpha value is -2.93. The highest BCUT2D eigenvalue weighted by Crippen LogP contribution is 2.26. The Morgan fingerprint density at radius 3 is 2.89 bits per heavy atom. The number of ether oxygens (including phenoxy) is 1. The number of carbonyl (C=O) groups is 1. The van der Waals surface area contributed by atoms with Gasteiger partial charge in [-0.05, 0) is 37.2 Å². The van der Waals surface area contributed by atoms with Crippen LogP contribution in [0.15, 0.2) is 48.5 Å². The zero-order valence-corrected chi connectivity index (χ0v) is 16.5. The number of carbonyl (C=O) groups excluding carboxylic acids is 1. The summed E-state index contributed by atoms with van der Waals surface area (Å²) >= 11 is 5.31. The number of H-pyrrole nitrogens is 1. The van der Waals surface area contributed by atoms with E-state index in [0.29, 0.717) is 23.7 Å². The molecule has 7 heteroatoms. The molecule has 0 radical (unpaired) electrons. The second kappa shape index (κ2) is 7.98. The van der Waals surface area contributed by atoms with Crippen LogP contribution in [0.4, 0.5) is 0 Å². The van der Waals surface area contributed by atoms with Crippen molar-refractivity contribution in [2.45, 2.75) is 19.9 Å². The third kappa shape index (κ3) is 3.99. The van der Waals surface area contributed by atoms with Crippen molar-refractivity contribution in [2.24, 2.45) is 5.92 Å². The lowest BCUT2D eigenvalue weighted by molar-refractivity contribution is -0.121. The van der Waals surface area contributed by atoms with Crippen molar-refractivity contribution >= 4 is 18.1 Å². The molecule has 1 aliphatic heterocycles. The number of para-hydroxylation sites is 1. The second-order valence-corrected chi connectivity index (χ2v) is 7.48. The summed E-state index contributed by atoms with van der Waals surface area (Å²) in [6, 6.07) is 16.0. The molecule has 0 fully saturated rings. The summed E-state index contributed by atoms with van der Waals surface area (Å²) < 4.78 is 7.95. The van der Waals surface area contributed by atoms with Crippen LogP contribution in [-0.2, 0) is 17.8 Å². The number of aromatic nitrogens is 3. The average Bonchev–Trinajstić information content (AvgIpc) is 3.07. The Balaban J connectivity index is 1.39. The number of aryl methyl sites for hydroxylation is 1. The van der Waals surface area contributed by atoms with Crippen LogP contribution in [0.5, 0.6) is 5.75 Å². The van der Waals surface area contributed by atoms with Crippen molar-refractivity contribution in [1.82, 2.24) is 20.1 Å². The molecule has 0 spiro atoms. The summed E-state index contributed by atoms with van der Waals surface area (Å²) in [5, 5.41) is 10.1. The van der Waals surface area contributed by atoms with E-state index in [-0.39, 0.29) is 18.4 Å². The van der Waals surface area contributed by atoms with E-state index in [1.54, 1.807) is 4.57 Å². The highest BCUT2D eigenvalue weighted by molar-refractivity contribution is 7.71. The fraction of sp³-hybridized carbons (Fsp3) is 0.286. The Labute approximate surface area is 168 Å². The van der Waals surface area contributed by atoms with Crippen LogP contribution in [-0.4, -0.2) is 33.8 Å². The Bertz CT molecular complexity index is 1040. The molecule has 1 aliphatic rings. The smallest absolute Gasteiger partial charge is 0.240 e. The zero-order chi connectivity index (χ0) is 19.5. The van der Waals surface area contributed by atoms with E-state index in [0.717, 1.165) is 17.7 Å². The topological polar surface area (TPSA) is 71.9 Å². The molecule has 1 aromatic heterocycles. The van der Waals surface area contributed by atoms with Gasteiger partial charge in [0.05, 0.1) is 6.61 Å². The van der Waals surface area contributed by atoms with E-state index < -0.39 is 0 Å². The van der Waals surface area contributed by atoms with Crippen molar-refractivity contribution in [3.63, 3.8) is 0 Å². The molecule has 4 rings (SSSR count). The Morgan fingerprint density at radius 1 is 1.29 bits per heavy atom. The third-order valence-electron chi connectivity index (χ3n) is 4.91. The molecule has 6 nitrogen and oxygen atoms in total. The number of fused-ring (bicyclic) bond motifs is 1. The van der Waals surface area contributed by atoms with Crippen LogP contribution >= 0.6 is 12.2 Å². The first-order valence-electron chi connectivity index (χ1n) is 9.30. The van der Waals surface area contributed by atoms with E-state index in [1.807, 2.05) is 49.4 Å². The maximum Gasteiger partial charge on any atom is 0.240 e. The van der Waals surface area contributed by atoms with Crippen LogP contribution in [0.1, 0.15) is 11.1 Å². The van der Waals surface area contributed by atoms with E-state index in [9.17, 15) is 4.79 Å². The van der Waals surface area contributed by atoms with Gasteiger partial charge in [0.25, 0.3) is 0 Å². The number of nitrogens with one attached hydrogen (secondary N) is 2. The van der Waals surface area contributed by atoms with Gasteiger partial charge in [-0.1, -0.05) is 48.0 Å². The fourth-order valence-electron chi connectivity index (χ4n) is 3.37. The molecular weight excluding hydrogens is 372 g/mol. The highest BCUT2D eigenvalue weighted by Gasteiger charge is 2.20. The van der Waals surface area contributed by atoms with E-state index in [1.165, 1.54) is 11.1 Å². The monoisotopic (exact) mass is 394 g/mol. The third-order valence-corrected chi connectivity index (χ3v) is 5.23. The van der Waals surface area contributed by atoms with Crippen molar-refractivity contribution in [3.8, 4) is 17.1 Å². The van der Waals surface area contributed by atoms with E-state index in [4.69, 9.17) is 17.0 Å². The van der Waals surface area contributed by atoms with Gasteiger partial charge in [0.2, 0.25) is 5.91 Å². The zero-order valence-electron chi connectivity index (χ0n) is 15.6. The molecule has 1 atom stereocenters. The lowest BCUT2D eigenvalue weighted by Crippen LogP contribution is -2.36. The van der Waals surface area contributed by atoms with Gasteiger partial charge in [-0.2, -0.15) is 5.10 Å². The van der Waals surface area contributed by atoms with Gasteiger partial charge in [-0.3, -0.25) is 14.5 Å². The SMILES string of the molecule is Cc1ccc(-c2n[nH]c(=S)n2CC(=O)NCC2COc3ccccc3C2)cc1. The normalized spacial score (nSPS) is 15.5. The molecule has 1 amide bonds. The summed E-state index contributed by atoms with van der Waals surface area (Å²) in [5.41, 5.74) is 3.27. The Kier molecular flexibility index (Phi) is 5.25. The summed E-state index contributed by atoms with van der Waals surface area (Å²) in [7, 11) is 0. The lowest BCUT2D eigenvalue weighted by atomic mass is 9.97. The number of benzene rings is 2. The fourth-order valence-corrected chi connectivity index (χ4v) is 3.56. The van der Waals surface area contributed by atoms with Crippen molar-refractivity contribution < 1.29 is 9.53 Å². The molecule has 2 N–H and O–H groups in total. The van der Waals surface area contributed by atoms with Crippen molar-refractivity contribution in [1.29, 1.82) is 0 Å². The molecule has 0 saturated carbocycles. The van der Waals surface area contributed by atoms with Gasteiger partial charge >= 0.3 is 0 Å². The second-order valence-electron chi connectivity index (χ2n) is 7.10. The van der Waals surface area contributed by atoms with E-state index >= 15 is 0 Å². The number of hydrogen-bond acceptors (Lipinski definition) is 4. The minimum absolute atomic E-state index is 0.0929. The van der Waals surface area contributed by atoms with Gasteiger partial charge < -0.3 is 10.1 Å². The molecule has 144 valence electrons. The van der Waals surface area contributed by atoms with E-state index in [2.05, 4.69) is 21.6 Å². The Morgan fingerprint density at radius 2 is 2.07 bits per heavy atom. The maximum atomic E-state index is 12.5. The van der Waals surface area contributed by atoms with Gasteiger partial charge in [0.15, 0.2) is 10.6 Å². The molecule has 0 aliphatic carbocycles. The van der Waals surface area contributed by atoms with Crippen LogP contribution in [0.3, 0.4) is 0 Å². The number of nitrogens with zero attached hydrogens (tertiary/aromatic N) is 2. The van der Waals surface area contributed by atoms with Crippen LogP contribution in [0.25, 0.3) is 11.4 Å². The quantitative estimate of drug-likeness (QED) is 0.652. The van der Waals surface area contributed by atoms with Gasteiger partial charge in [0, 0.05) is 18.0 Å². The van der Waals surface area contributed by atoms with Gasteiger partial charge in [-0.25, -0.2) is 0 Å². The number of rotatable bonds is 5. The number of amides is 1. The molecular formula is C21H22N4O2S. The van der Waals surface area contributed by atoms with Gasteiger partial charge in [0.1, 0.15) is 12.3 Å². The predicted molar refractivity (Wildman–Crippen MR) is 110 cm³/mol. The minimum Gasteiger partial charge on any atom is -0.493 e. The summed E-state index contributed by atoms with van der Waals surface area (Å²) in [6.45, 7) is 3.33. The first kappa shape index (κ1) is 18.4.